The van der Waals surface area contributed by atoms with E-state index < -0.39 is 0 Å². The largest absolute Gasteiger partial charge is 0.508 e. The summed E-state index contributed by atoms with van der Waals surface area (Å²) in [4.78, 5) is 17.5. The van der Waals surface area contributed by atoms with E-state index in [4.69, 9.17) is 0 Å². The zero-order valence-corrected chi connectivity index (χ0v) is 19.2. The van der Waals surface area contributed by atoms with Crippen LogP contribution < -0.4 is 0 Å². The van der Waals surface area contributed by atoms with Crippen LogP contribution >= 0.6 is 0 Å². The lowest BCUT2D eigenvalue weighted by molar-refractivity contribution is -0.133. The van der Waals surface area contributed by atoms with Crippen molar-refractivity contribution in [2.75, 3.05) is 13.1 Å². The van der Waals surface area contributed by atoms with E-state index in [0.717, 1.165) is 24.9 Å². The second kappa shape index (κ2) is 10.0. The van der Waals surface area contributed by atoms with Crippen molar-refractivity contribution < 1.29 is 14.3 Å². The molecule has 2 bridgehead atoms. The van der Waals surface area contributed by atoms with E-state index in [9.17, 15) is 14.3 Å². The van der Waals surface area contributed by atoms with Crippen LogP contribution in [0.4, 0.5) is 4.39 Å². The van der Waals surface area contributed by atoms with Gasteiger partial charge >= 0.3 is 0 Å². The molecule has 2 aliphatic rings. The molecule has 32 heavy (non-hydrogen) atoms. The van der Waals surface area contributed by atoms with Gasteiger partial charge in [-0.2, -0.15) is 0 Å². The molecule has 0 radical (unpaired) electrons. The Morgan fingerprint density at radius 1 is 1.12 bits per heavy atom. The zero-order valence-electron chi connectivity index (χ0n) is 19.2. The maximum atomic E-state index is 13.7. The van der Waals surface area contributed by atoms with Crippen LogP contribution in [0.15, 0.2) is 48.5 Å². The molecule has 2 unspecified atom stereocenters. The van der Waals surface area contributed by atoms with Crippen LogP contribution in [0.25, 0.3) is 0 Å². The summed E-state index contributed by atoms with van der Waals surface area (Å²) in [5.74, 6) is 1.01. The Morgan fingerprint density at radius 2 is 1.84 bits per heavy atom. The van der Waals surface area contributed by atoms with Gasteiger partial charge in [-0.25, -0.2) is 4.39 Å². The Hall–Kier alpha value is -2.40. The van der Waals surface area contributed by atoms with Gasteiger partial charge in [0.05, 0.1) is 0 Å². The molecule has 1 N–H and O–H groups in total. The number of rotatable bonds is 8. The zero-order chi connectivity index (χ0) is 22.7. The SMILES string of the molecule is CC(C)CC(=O)N(CCN1C2CCC1CC(c1cccc(O)c1)C2)Cc1cccc(F)c1. The molecule has 172 valence electrons. The normalized spacial score (nSPS) is 22.9. The standard InChI is InChI=1S/C27H35FN2O2/c1-19(2)13-27(32)29(18-20-5-3-7-23(28)14-20)11-12-30-24-9-10-25(30)16-22(15-24)21-6-4-8-26(31)17-21/h3-8,14,17,19,22,24-25,31H,9-13,15-16,18H2,1-2H3. The van der Waals surface area contributed by atoms with E-state index in [0.29, 0.717) is 49.2 Å². The van der Waals surface area contributed by atoms with Crippen molar-refractivity contribution in [2.45, 2.75) is 70.5 Å². The Balaban J connectivity index is 1.41. The van der Waals surface area contributed by atoms with E-state index in [2.05, 4.69) is 24.8 Å². The molecule has 2 heterocycles. The van der Waals surface area contributed by atoms with Crippen molar-refractivity contribution in [3.63, 3.8) is 0 Å². The van der Waals surface area contributed by atoms with E-state index in [1.165, 1.54) is 30.5 Å². The second-order valence-electron chi connectivity index (χ2n) is 9.93. The minimum Gasteiger partial charge on any atom is -0.508 e. The fraction of sp³-hybridized carbons (Fsp3) is 0.519. The molecule has 0 aromatic heterocycles. The number of phenols is 1. The number of fused-ring (bicyclic) bond motifs is 2. The lowest BCUT2D eigenvalue weighted by atomic mass is 9.85. The Kier molecular flexibility index (Phi) is 7.14. The Labute approximate surface area is 191 Å². The van der Waals surface area contributed by atoms with Gasteiger partial charge in [0.2, 0.25) is 5.91 Å². The van der Waals surface area contributed by atoms with Gasteiger partial charge in [-0.05, 0) is 72.9 Å². The summed E-state index contributed by atoms with van der Waals surface area (Å²) in [7, 11) is 0. The fourth-order valence-electron chi connectivity index (χ4n) is 5.55. The molecule has 0 spiro atoms. The maximum absolute atomic E-state index is 13.7. The van der Waals surface area contributed by atoms with Crippen molar-refractivity contribution in [3.05, 3.63) is 65.5 Å². The molecule has 2 aromatic rings. The highest BCUT2D eigenvalue weighted by atomic mass is 19.1. The third kappa shape index (κ3) is 5.50. The monoisotopic (exact) mass is 438 g/mol. The van der Waals surface area contributed by atoms with Crippen molar-refractivity contribution in [1.29, 1.82) is 0 Å². The number of amides is 1. The van der Waals surface area contributed by atoms with Gasteiger partial charge in [-0.1, -0.05) is 38.1 Å². The van der Waals surface area contributed by atoms with Crippen LogP contribution in [0.3, 0.4) is 0 Å². The van der Waals surface area contributed by atoms with E-state index in [1.54, 1.807) is 12.1 Å². The van der Waals surface area contributed by atoms with Crippen LogP contribution in [0.5, 0.6) is 5.75 Å². The molecule has 1 amide bonds. The molecule has 4 nitrogen and oxygen atoms in total. The third-order valence-electron chi connectivity index (χ3n) is 7.05. The van der Waals surface area contributed by atoms with Crippen LogP contribution in [0.2, 0.25) is 0 Å². The van der Waals surface area contributed by atoms with E-state index >= 15 is 0 Å². The smallest absolute Gasteiger partial charge is 0.223 e. The molecular weight excluding hydrogens is 403 g/mol. The molecule has 2 saturated heterocycles. The van der Waals surface area contributed by atoms with Gasteiger partial charge in [0.15, 0.2) is 0 Å². The van der Waals surface area contributed by atoms with E-state index in [1.807, 2.05) is 23.1 Å². The van der Waals surface area contributed by atoms with Gasteiger partial charge in [-0.15, -0.1) is 0 Å². The first-order valence-corrected chi connectivity index (χ1v) is 12.0. The number of nitrogens with zero attached hydrogens (tertiary/aromatic N) is 2. The number of hydrogen-bond donors (Lipinski definition) is 1. The quantitative estimate of drug-likeness (QED) is 0.607. The Morgan fingerprint density at radius 3 is 2.50 bits per heavy atom. The number of carbonyl (C=O) groups is 1. The highest BCUT2D eigenvalue weighted by molar-refractivity contribution is 5.76. The average Bonchev–Trinajstić information content (AvgIpc) is 2.97. The van der Waals surface area contributed by atoms with Crippen LogP contribution in [-0.4, -0.2) is 46.0 Å². The van der Waals surface area contributed by atoms with E-state index in [-0.39, 0.29) is 11.7 Å². The summed E-state index contributed by atoms with van der Waals surface area (Å²) in [6, 6.07) is 15.3. The lowest BCUT2D eigenvalue weighted by Crippen LogP contribution is -2.46. The lowest BCUT2D eigenvalue weighted by Gasteiger charge is -2.40. The minimum absolute atomic E-state index is 0.145. The number of piperidine rings is 1. The maximum Gasteiger partial charge on any atom is 0.223 e. The highest BCUT2D eigenvalue weighted by Crippen LogP contribution is 2.43. The topological polar surface area (TPSA) is 43.8 Å². The summed E-state index contributed by atoms with van der Waals surface area (Å²) >= 11 is 0. The molecule has 2 aliphatic heterocycles. The van der Waals surface area contributed by atoms with Crippen LogP contribution in [0, 0.1) is 11.7 Å². The van der Waals surface area contributed by atoms with Crippen LogP contribution in [-0.2, 0) is 11.3 Å². The summed E-state index contributed by atoms with van der Waals surface area (Å²) in [6.45, 7) is 6.11. The summed E-state index contributed by atoms with van der Waals surface area (Å²) in [5, 5.41) is 9.87. The van der Waals surface area contributed by atoms with Crippen molar-refractivity contribution in [3.8, 4) is 5.75 Å². The number of aromatic hydroxyl groups is 1. The summed E-state index contributed by atoms with van der Waals surface area (Å²) < 4.78 is 13.7. The molecule has 0 aliphatic carbocycles. The summed E-state index contributed by atoms with van der Waals surface area (Å²) in [5.41, 5.74) is 2.08. The molecule has 2 aromatic carbocycles. The van der Waals surface area contributed by atoms with Gasteiger partial charge in [0, 0.05) is 38.1 Å². The number of phenolic OH excluding ortho intramolecular Hbond substituents is 1. The van der Waals surface area contributed by atoms with Gasteiger partial charge in [0.1, 0.15) is 11.6 Å². The highest BCUT2D eigenvalue weighted by Gasteiger charge is 2.41. The predicted octanol–water partition coefficient (Wildman–Crippen LogP) is 5.32. The van der Waals surface area contributed by atoms with Crippen molar-refractivity contribution in [1.82, 2.24) is 9.80 Å². The summed E-state index contributed by atoms with van der Waals surface area (Å²) in [6.07, 6.45) is 5.11. The molecular formula is C27H35FN2O2. The molecule has 0 saturated carbocycles. The molecule has 5 heteroatoms. The van der Waals surface area contributed by atoms with Crippen LogP contribution in [0.1, 0.15) is 63.0 Å². The first-order valence-electron chi connectivity index (χ1n) is 12.0. The average molecular weight is 439 g/mol. The number of benzene rings is 2. The predicted molar refractivity (Wildman–Crippen MR) is 125 cm³/mol. The fourth-order valence-corrected chi connectivity index (χ4v) is 5.55. The first-order chi connectivity index (χ1) is 15.4. The van der Waals surface area contributed by atoms with Gasteiger partial charge in [-0.3, -0.25) is 9.69 Å². The first kappa shape index (κ1) is 22.8. The molecule has 2 fully saturated rings. The Bertz CT molecular complexity index is 917. The number of carbonyl (C=O) groups excluding carboxylic acids is 1. The van der Waals surface area contributed by atoms with Crippen molar-refractivity contribution in [2.24, 2.45) is 5.92 Å². The minimum atomic E-state index is -0.258. The third-order valence-corrected chi connectivity index (χ3v) is 7.05. The molecule has 2 atom stereocenters. The second-order valence-corrected chi connectivity index (χ2v) is 9.93. The van der Waals surface area contributed by atoms with Crippen molar-refractivity contribution >= 4 is 5.91 Å². The van der Waals surface area contributed by atoms with Gasteiger partial charge < -0.3 is 10.0 Å². The number of halogens is 1. The van der Waals surface area contributed by atoms with Gasteiger partial charge in [0.25, 0.3) is 0 Å². The molecule has 4 rings (SSSR count). The number of hydrogen-bond acceptors (Lipinski definition) is 3.